The van der Waals surface area contributed by atoms with Crippen LogP contribution in [-0.4, -0.2) is 11.6 Å². The molecule has 2 heterocycles. The fourth-order valence-electron chi connectivity index (χ4n) is 1.72. The van der Waals surface area contributed by atoms with E-state index < -0.39 is 11.9 Å². The van der Waals surface area contributed by atoms with E-state index >= 15 is 0 Å². The Hall–Kier alpha value is -1.21. The van der Waals surface area contributed by atoms with Gasteiger partial charge in [0.25, 0.3) is 5.88 Å². The summed E-state index contributed by atoms with van der Waals surface area (Å²) in [6, 6.07) is 2.77. The average molecular weight is 302 g/mol. The van der Waals surface area contributed by atoms with Gasteiger partial charge in [0.2, 0.25) is 0 Å². The van der Waals surface area contributed by atoms with Gasteiger partial charge < -0.3 is 4.74 Å². The van der Waals surface area contributed by atoms with Crippen LogP contribution in [0.3, 0.4) is 0 Å². The van der Waals surface area contributed by atoms with Crippen molar-refractivity contribution in [2.75, 3.05) is 6.61 Å². The Labute approximate surface area is 119 Å². The third-order valence-electron chi connectivity index (χ3n) is 2.55. The summed E-state index contributed by atoms with van der Waals surface area (Å²) in [7, 11) is 0. The van der Waals surface area contributed by atoms with E-state index in [9.17, 15) is 4.39 Å². The van der Waals surface area contributed by atoms with Gasteiger partial charge in [0, 0.05) is 16.6 Å². The molecule has 1 atom stereocenters. The zero-order chi connectivity index (χ0) is 13.8. The summed E-state index contributed by atoms with van der Waals surface area (Å²) in [6.07, 6.45) is 1.48. The molecule has 0 aliphatic heterocycles. The van der Waals surface area contributed by atoms with Crippen molar-refractivity contribution in [2.45, 2.75) is 13.0 Å². The molecular formula is C12H13ClFN3OS. The van der Waals surface area contributed by atoms with Gasteiger partial charge in [-0.3, -0.25) is 5.84 Å². The lowest BCUT2D eigenvalue weighted by Gasteiger charge is -2.17. The predicted molar refractivity (Wildman–Crippen MR) is 73.9 cm³/mol. The molecule has 2 aromatic heterocycles. The summed E-state index contributed by atoms with van der Waals surface area (Å²) in [4.78, 5) is 4.60. The molecule has 0 spiro atoms. The van der Waals surface area contributed by atoms with Crippen molar-refractivity contribution >= 4 is 22.9 Å². The maximum atomic E-state index is 14.3. The lowest BCUT2D eigenvalue weighted by Crippen LogP contribution is -2.29. The first-order chi connectivity index (χ1) is 9.19. The van der Waals surface area contributed by atoms with Crippen LogP contribution in [0.2, 0.25) is 5.02 Å². The van der Waals surface area contributed by atoms with E-state index in [4.69, 9.17) is 22.2 Å². The van der Waals surface area contributed by atoms with Crippen LogP contribution in [-0.2, 0) is 0 Å². The van der Waals surface area contributed by atoms with Crippen molar-refractivity contribution in [3.8, 4) is 5.88 Å². The Morgan fingerprint density at radius 1 is 1.58 bits per heavy atom. The Morgan fingerprint density at radius 2 is 2.37 bits per heavy atom. The van der Waals surface area contributed by atoms with Crippen LogP contribution < -0.4 is 16.0 Å². The average Bonchev–Trinajstić information content (AvgIpc) is 2.81. The van der Waals surface area contributed by atoms with Gasteiger partial charge >= 0.3 is 0 Å². The molecule has 7 heteroatoms. The number of pyridine rings is 1. The minimum Gasteiger partial charge on any atom is -0.476 e. The molecule has 0 bridgehead atoms. The molecule has 0 aliphatic rings. The molecule has 102 valence electrons. The summed E-state index contributed by atoms with van der Waals surface area (Å²) in [5, 5.41) is 2.37. The van der Waals surface area contributed by atoms with Gasteiger partial charge in [-0.1, -0.05) is 11.6 Å². The Balaban J connectivity index is 2.44. The lowest BCUT2D eigenvalue weighted by molar-refractivity contribution is 0.305. The molecule has 4 nitrogen and oxygen atoms in total. The molecule has 0 fully saturated rings. The van der Waals surface area contributed by atoms with Crippen molar-refractivity contribution in [1.29, 1.82) is 0 Å². The smallest absolute Gasteiger partial charge is 0.250 e. The number of ether oxygens (including phenoxy) is 1. The minimum absolute atomic E-state index is 0.0343. The molecule has 0 amide bonds. The molecule has 0 aliphatic carbocycles. The number of nitrogens with one attached hydrogen (secondary N) is 1. The zero-order valence-electron chi connectivity index (χ0n) is 10.2. The molecule has 19 heavy (non-hydrogen) atoms. The lowest BCUT2D eigenvalue weighted by atomic mass is 10.1. The van der Waals surface area contributed by atoms with Gasteiger partial charge in [-0.15, -0.1) is 11.3 Å². The summed E-state index contributed by atoms with van der Waals surface area (Å²) in [5.41, 5.74) is 2.93. The SMILES string of the molecule is CCOc1nccc(C(NN)c2sccc2Cl)c1F. The molecule has 3 N–H and O–H groups in total. The summed E-state index contributed by atoms with van der Waals surface area (Å²) in [6.45, 7) is 2.11. The van der Waals surface area contributed by atoms with Crippen LogP contribution in [0.5, 0.6) is 5.88 Å². The second-order valence-corrected chi connectivity index (χ2v) is 5.04. The van der Waals surface area contributed by atoms with Gasteiger partial charge in [0.1, 0.15) is 0 Å². The molecule has 1 unspecified atom stereocenters. The maximum absolute atomic E-state index is 14.3. The predicted octanol–water partition coefficient (Wildman–Crippen LogP) is 2.89. The number of rotatable bonds is 5. The van der Waals surface area contributed by atoms with Crippen LogP contribution in [0.1, 0.15) is 23.4 Å². The molecule has 0 aromatic carbocycles. The van der Waals surface area contributed by atoms with Crippen LogP contribution in [0, 0.1) is 5.82 Å². The van der Waals surface area contributed by atoms with E-state index in [2.05, 4.69) is 10.4 Å². The fraction of sp³-hybridized carbons (Fsp3) is 0.250. The fourth-order valence-corrected chi connectivity index (χ4v) is 2.96. The van der Waals surface area contributed by atoms with Crippen LogP contribution in [0.15, 0.2) is 23.7 Å². The summed E-state index contributed by atoms with van der Waals surface area (Å²) >= 11 is 7.46. The van der Waals surface area contributed by atoms with Crippen LogP contribution in [0.4, 0.5) is 4.39 Å². The molecule has 0 saturated heterocycles. The minimum atomic E-state index is -0.533. The first-order valence-electron chi connectivity index (χ1n) is 5.65. The van der Waals surface area contributed by atoms with Gasteiger partial charge in [-0.05, 0) is 24.4 Å². The van der Waals surface area contributed by atoms with E-state index in [0.717, 1.165) is 4.88 Å². The monoisotopic (exact) mass is 301 g/mol. The summed E-state index contributed by atoms with van der Waals surface area (Å²) < 4.78 is 19.4. The second-order valence-electron chi connectivity index (χ2n) is 3.68. The number of hydrazine groups is 1. The molecule has 2 aromatic rings. The highest BCUT2D eigenvalue weighted by atomic mass is 35.5. The maximum Gasteiger partial charge on any atom is 0.250 e. The number of hydrogen-bond donors (Lipinski definition) is 2. The number of nitrogens with two attached hydrogens (primary N) is 1. The Morgan fingerprint density at radius 3 is 2.95 bits per heavy atom. The van der Waals surface area contributed by atoms with E-state index in [-0.39, 0.29) is 5.88 Å². The molecule has 2 rings (SSSR count). The number of nitrogens with zero attached hydrogens (tertiary/aromatic N) is 1. The van der Waals surface area contributed by atoms with Crippen molar-refractivity contribution in [3.05, 3.63) is 45.0 Å². The van der Waals surface area contributed by atoms with Crippen molar-refractivity contribution < 1.29 is 9.13 Å². The van der Waals surface area contributed by atoms with Crippen LogP contribution in [0.25, 0.3) is 0 Å². The number of thiophene rings is 1. The first-order valence-corrected chi connectivity index (χ1v) is 6.91. The zero-order valence-corrected chi connectivity index (χ0v) is 11.8. The van der Waals surface area contributed by atoms with E-state index in [1.54, 1.807) is 19.1 Å². The third kappa shape index (κ3) is 2.87. The highest BCUT2D eigenvalue weighted by molar-refractivity contribution is 7.10. The first kappa shape index (κ1) is 14.2. The van der Waals surface area contributed by atoms with Gasteiger partial charge in [-0.25, -0.2) is 14.8 Å². The standard InChI is InChI=1S/C12H13ClFN3OS/c1-2-18-12-9(14)7(3-5-16-12)10(17-15)11-8(13)4-6-19-11/h3-6,10,17H,2,15H2,1H3. The third-order valence-corrected chi connectivity index (χ3v) is 3.98. The van der Waals surface area contributed by atoms with Crippen LogP contribution >= 0.6 is 22.9 Å². The molecule has 0 saturated carbocycles. The van der Waals surface area contributed by atoms with Gasteiger partial charge in [-0.2, -0.15) is 0 Å². The van der Waals surface area contributed by atoms with Crippen molar-refractivity contribution in [3.63, 3.8) is 0 Å². The van der Waals surface area contributed by atoms with Gasteiger partial charge in [0.15, 0.2) is 5.82 Å². The highest BCUT2D eigenvalue weighted by Crippen LogP contribution is 2.34. The van der Waals surface area contributed by atoms with E-state index in [1.165, 1.54) is 17.5 Å². The summed E-state index contributed by atoms with van der Waals surface area (Å²) in [5.74, 6) is 4.96. The topological polar surface area (TPSA) is 60.2 Å². The van der Waals surface area contributed by atoms with Crippen molar-refractivity contribution in [1.82, 2.24) is 10.4 Å². The molecule has 0 radical (unpaired) electrons. The second kappa shape index (κ2) is 6.29. The van der Waals surface area contributed by atoms with E-state index in [1.807, 2.05) is 5.38 Å². The number of halogens is 2. The van der Waals surface area contributed by atoms with Crippen molar-refractivity contribution in [2.24, 2.45) is 5.84 Å². The number of hydrogen-bond acceptors (Lipinski definition) is 5. The van der Waals surface area contributed by atoms with E-state index in [0.29, 0.717) is 17.2 Å². The molecular weight excluding hydrogens is 289 g/mol. The quantitative estimate of drug-likeness (QED) is 0.658. The van der Waals surface area contributed by atoms with Gasteiger partial charge in [0.05, 0.1) is 17.7 Å². The number of aromatic nitrogens is 1. The largest absolute Gasteiger partial charge is 0.476 e. The Bertz CT molecular complexity index is 564. The highest BCUT2D eigenvalue weighted by Gasteiger charge is 2.23. The normalized spacial score (nSPS) is 12.4. The Kier molecular flexibility index (Phi) is 4.71.